The Morgan fingerprint density at radius 3 is 2.20 bits per heavy atom. The monoisotopic (exact) mass is 199 g/mol. The fourth-order valence-corrected chi connectivity index (χ4v) is 0.975. The van der Waals surface area contributed by atoms with Gasteiger partial charge in [0.1, 0.15) is 0 Å². The van der Waals surface area contributed by atoms with E-state index in [1.165, 1.54) is 5.56 Å². The van der Waals surface area contributed by atoms with Crippen LogP contribution in [0.25, 0.3) is 0 Å². The topological polar surface area (TPSA) is 17.1 Å². The van der Waals surface area contributed by atoms with E-state index >= 15 is 0 Å². The molecule has 0 bridgehead atoms. The van der Waals surface area contributed by atoms with Crippen LogP contribution in [-0.2, 0) is 0 Å². The first-order valence-electron chi connectivity index (χ1n) is 2.98. The van der Waals surface area contributed by atoms with Crippen molar-refractivity contribution < 1.29 is 4.79 Å². The molecule has 0 fully saturated rings. The number of benzene rings is 1. The molecule has 1 aromatic rings. The van der Waals surface area contributed by atoms with E-state index in [0.717, 1.165) is 5.56 Å². The molecule has 0 heterocycles. The van der Waals surface area contributed by atoms with Gasteiger partial charge < -0.3 is 0 Å². The fraction of sp³-hybridized carbons (Fsp3) is 0.125. The number of carbonyl (C=O) groups is 1. The van der Waals surface area contributed by atoms with Crippen molar-refractivity contribution in [1.29, 1.82) is 0 Å². The average Bonchev–Trinajstić information content (AvgIpc) is 1.88. The minimum absolute atomic E-state index is 0.000000000000000444. The predicted molar refractivity (Wildman–Crippen MR) is 41.3 cm³/mol. The molecule has 1 nitrogen and oxygen atoms in total. The van der Waals surface area contributed by atoms with Crippen LogP contribution in [-0.4, -0.2) is 20.7 Å². The number of carbonyl (C=O) groups excluding carboxylic acids is 1. The summed E-state index contributed by atoms with van der Waals surface area (Å²) in [5, 5.41) is 0. The molecule has 1 radical (unpaired) electrons. The van der Waals surface area contributed by atoms with Crippen LogP contribution in [0.4, 0.5) is 0 Å². The number of rotatable bonds is 1. The Labute approximate surface area is 68.3 Å². The van der Waals surface area contributed by atoms with Gasteiger partial charge in [-0.1, -0.05) is 0 Å². The van der Waals surface area contributed by atoms with E-state index in [1.54, 1.807) is 0 Å². The molecule has 0 atom stereocenters. The summed E-state index contributed by atoms with van der Waals surface area (Å²) in [5.41, 5.74) is 1.90. The Morgan fingerprint density at radius 2 is 1.80 bits per heavy atom. The molecular formula is C8H7OSe. The number of hydrogen-bond acceptors (Lipinski definition) is 1. The van der Waals surface area contributed by atoms with Gasteiger partial charge in [-0.3, -0.25) is 0 Å². The summed E-state index contributed by atoms with van der Waals surface area (Å²) in [6.45, 7) is 1.99. The van der Waals surface area contributed by atoms with Crippen LogP contribution in [0.1, 0.15) is 15.9 Å². The maximum absolute atomic E-state index is 10.7. The first kappa shape index (κ1) is 7.52. The van der Waals surface area contributed by atoms with Crippen molar-refractivity contribution in [2.45, 2.75) is 6.92 Å². The first-order valence-corrected chi connectivity index (χ1v) is 3.84. The second kappa shape index (κ2) is 3.00. The van der Waals surface area contributed by atoms with Crippen molar-refractivity contribution in [1.82, 2.24) is 0 Å². The summed E-state index contributed by atoms with van der Waals surface area (Å²) in [6, 6.07) is 7.47. The van der Waals surface area contributed by atoms with Crippen LogP contribution >= 0.6 is 0 Å². The third-order valence-corrected chi connectivity index (χ3v) is 1.78. The molecule has 2 heteroatoms. The van der Waals surface area contributed by atoms with Gasteiger partial charge in [0.05, 0.1) is 0 Å². The molecule has 1 aromatic carbocycles. The van der Waals surface area contributed by atoms with Crippen molar-refractivity contribution in [2.75, 3.05) is 0 Å². The van der Waals surface area contributed by atoms with E-state index in [4.69, 9.17) is 0 Å². The first-order chi connectivity index (χ1) is 4.70. The van der Waals surface area contributed by atoms with Gasteiger partial charge in [-0.25, -0.2) is 0 Å². The summed E-state index contributed by atoms with van der Waals surface area (Å²) in [6.07, 6.45) is 0. The van der Waals surface area contributed by atoms with Gasteiger partial charge in [-0.05, 0) is 0 Å². The molecule has 0 aliphatic carbocycles. The Kier molecular flexibility index (Phi) is 2.25. The van der Waals surface area contributed by atoms with E-state index < -0.39 is 0 Å². The maximum atomic E-state index is 10.7. The van der Waals surface area contributed by atoms with E-state index in [9.17, 15) is 4.79 Å². The molecule has 0 saturated carbocycles. The molecule has 0 saturated heterocycles. The van der Waals surface area contributed by atoms with Gasteiger partial charge in [0.2, 0.25) is 0 Å². The van der Waals surface area contributed by atoms with Crippen molar-refractivity contribution in [3.05, 3.63) is 35.4 Å². The number of aryl methyl sites for hydroxylation is 1. The van der Waals surface area contributed by atoms with Crippen molar-refractivity contribution in [3.8, 4) is 0 Å². The minimum atomic E-state index is 0.000000000000000444. The Bertz CT molecular complexity index is 238. The van der Waals surface area contributed by atoms with E-state index in [-0.39, 0.29) is 4.68 Å². The van der Waals surface area contributed by atoms with Crippen LogP contribution < -0.4 is 0 Å². The quantitative estimate of drug-likeness (QED) is 0.621. The van der Waals surface area contributed by atoms with Crippen LogP contribution in [0.2, 0.25) is 0 Å². The second-order valence-electron chi connectivity index (χ2n) is 2.15. The normalized spacial score (nSPS) is 9.30. The Morgan fingerprint density at radius 1 is 1.30 bits per heavy atom. The third kappa shape index (κ3) is 1.69. The zero-order chi connectivity index (χ0) is 7.56. The van der Waals surface area contributed by atoms with Gasteiger partial charge in [0, 0.05) is 0 Å². The standard InChI is InChI=1S/C8H7OSe/c1-6-2-4-7(5-3-6)8(9)10/h2-5H,1H3. The molecule has 1 rings (SSSR count). The summed E-state index contributed by atoms with van der Waals surface area (Å²) >= 11 is 2.44. The molecule has 0 aliphatic rings. The van der Waals surface area contributed by atoms with Crippen LogP contribution in [0.15, 0.2) is 24.3 Å². The van der Waals surface area contributed by atoms with Gasteiger partial charge in [0.25, 0.3) is 0 Å². The molecule has 10 heavy (non-hydrogen) atoms. The molecule has 0 unspecified atom stereocenters. The SMILES string of the molecule is Cc1ccc(C(=O)[Se])cc1. The zero-order valence-electron chi connectivity index (χ0n) is 5.63. The van der Waals surface area contributed by atoms with Gasteiger partial charge >= 0.3 is 67.8 Å². The predicted octanol–water partition coefficient (Wildman–Crippen LogP) is 1.30. The fourth-order valence-electron chi connectivity index (χ4n) is 0.690. The molecule has 51 valence electrons. The van der Waals surface area contributed by atoms with Crippen LogP contribution in [0.3, 0.4) is 0 Å². The summed E-state index contributed by atoms with van der Waals surface area (Å²) in [7, 11) is 0. The van der Waals surface area contributed by atoms with Gasteiger partial charge in [-0.15, -0.1) is 0 Å². The van der Waals surface area contributed by atoms with Crippen molar-refractivity contribution >= 4 is 20.7 Å². The third-order valence-electron chi connectivity index (χ3n) is 1.29. The molecule has 0 N–H and O–H groups in total. The zero-order valence-corrected chi connectivity index (χ0v) is 7.34. The van der Waals surface area contributed by atoms with Crippen molar-refractivity contribution in [2.24, 2.45) is 0 Å². The summed E-state index contributed by atoms with van der Waals surface area (Å²) < 4.78 is 0.000000000000000444. The Balaban J connectivity index is 3.00. The molecule has 0 amide bonds. The molecule has 0 aromatic heterocycles. The average molecular weight is 198 g/mol. The van der Waals surface area contributed by atoms with E-state index in [0.29, 0.717) is 0 Å². The van der Waals surface area contributed by atoms with E-state index in [1.807, 2.05) is 31.2 Å². The van der Waals surface area contributed by atoms with Gasteiger partial charge in [0.15, 0.2) is 0 Å². The Hall–Kier alpha value is -0.591. The van der Waals surface area contributed by atoms with Crippen molar-refractivity contribution in [3.63, 3.8) is 0 Å². The van der Waals surface area contributed by atoms with Crippen LogP contribution in [0.5, 0.6) is 0 Å². The van der Waals surface area contributed by atoms with E-state index in [2.05, 4.69) is 16.0 Å². The molecule has 0 aliphatic heterocycles. The summed E-state index contributed by atoms with van der Waals surface area (Å²) in [5.74, 6) is 0. The molecular weight excluding hydrogens is 191 g/mol. The number of hydrogen-bond donors (Lipinski definition) is 0. The summed E-state index contributed by atoms with van der Waals surface area (Å²) in [4.78, 5) is 10.7. The molecule has 0 spiro atoms. The second-order valence-corrected chi connectivity index (χ2v) is 2.93. The van der Waals surface area contributed by atoms with Crippen LogP contribution in [0, 0.1) is 6.92 Å². The van der Waals surface area contributed by atoms with Gasteiger partial charge in [-0.2, -0.15) is 0 Å².